The van der Waals surface area contributed by atoms with Crippen molar-refractivity contribution in [3.05, 3.63) is 0 Å². The van der Waals surface area contributed by atoms with Gasteiger partial charge in [0.15, 0.2) is 0 Å². The topological polar surface area (TPSA) is 44.4 Å². The Kier molecular flexibility index (Phi) is 5.17. The number of rotatable bonds is 5. The molecule has 4 heteroatoms. The molecule has 2 atom stereocenters. The van der Waals surface area contributed by atoms with E-state index in [2.05, 4.69) is 22.5 Å². The van der Waals surface area contributed by atoms with E-state index in [4.69, 9.17) is 0 Å². The molecule has 2 unspecified atom stereocenters. The number of hydrogen-bond acceptors (Lipinski definition) is 3. The molecule has 4 nitrogen and oxygen atoms in total. The largest absolute Gasteiger partial charge is 0.342 e. The summed E-state index contributed by atoms with van der Waals surface area (Å²) in [6.07, 6.45) is 9.80. The Bertz CT molecular complexity index is 342. The smallest absolute Gasteiger partial charge is 0.225 e. The lowest BCUT2D eigenvalue weighted by Gasteiger charge is -2.35. The summed E-state index contributed by atoms with van der Waals surface area (Å²) in [7, 11) is 0. The second kappa shape index (κ2) is 7.10. The maximum absolute atomic E-state index is 12.0. The molecule has 1 amide bonds. The van der Waals surface area contributed by atoms with Crippen LogP contribution in [0.3, 0.4) is 0 Å². The zero-order chi connectivity index (χ0) is 14.7. The predicted octanol–water partition coefficient (Wildman–Crippen LogP) is 1.90. The van der Waals surface area contributed by atoms with Gasteiger partial charge in [0.25, 0.3) is 0 Å². The van der Waals surface area contributed by atoms with Gasteiger partial charge in [0.2, 0.25) is 5.91 Å². The maximum atomic E-state index is 12.0. The zero-order valence-electron chi connectivity index (χ0n) is 13.4. The van der Waals surface area contributed by atoms with Crippen LogP contribution < -0.4 is 10.6 Å². The van der Waals surface area contributed by atoms with E-state index in [1.54, 1.807) is 0 Å². The second-order valence-electron chi connectivity index (χ2n) is 7.32. The van der Waals surface area contributed by atoms with E-state index in [9.17, 15) is 4.79 Å². The highest BCUT2D eigenvalue weighted by molar-refractivity contribution is 5.81. The van der Waals surface area contributed by atoms with E-state index in [1.165, 1.54) is 32.2 Å². The van der Waals surface area contributed by atoms with Crippen molar-refractivity contribution in [1.29, 1.82) is 0 Å². The molecule has 21 heavy (non-hydrogen) atoms. The van der Waals surface area contributed by atoms with Gasteiger partial charge in [0, 0.05) is 37.1 Å². The molecule has 2 heterocycles. The SMILES string of the molecule is CC(CC1CCCCN1)NC1CCN(C(=O)C2CC2)CC1. The summed E-state index contributed by atoms with van der Waals surface area (Å²) in [4.78, 5) is 14.1. The van der Waals surface area contributed by atoms with Gasteiger partial charge >= 0.3 is 0 Å². The van der Waals surface area contributed by atoms with Crippen LogP contribution in [0.5, 0.6) is 0 Å². The third kappa shape index (κ3) is 4.43. The fraction of sp³-hybridized carbons (Fsp3) is 0.941. The number of carbonyl (C=O) groups excluding carboxylic acids is 1. The van der Waals surface area contributed by atoms with Crippen LogP contribution in [0.15, 0.2) is 0 Å². The zero-order valence-corrected chi connectivity index (χ0v) is 13.4. The van der Waals surface area contributed by atoms with Crippen molar-refractivity contribution in [3.8, 4) is 0 Å². The van der Waals surface area contributed by atoms with E-state index in [0.717, 1.165) is 38.8 Å². The van der Waals surface area contributed by atoms with Crippen molar-refractivity contribution in [1.82, 2.24) is 15.5 Å². The Labute approximate surface area is 129 Å². The molecular weight excluding hydrogens is 262 g/mol. The molecule has 0 spiro atoms. The van der Waals surface area contributed by atoms with Crippen molar-refractivity contribution < 1.29 is 4.79 Å². The third-order valence-corrected chi connectivity index (χ3v) is 5.30. The molecule has 0 aromatic heterocycles. The van der Waals surface area contributed by atoms with Crippen molar-refractivity contribution in [2.45, 2.75) is 76.4 Å². The van der Waals surface area contributed by atoms with Crippen molar-refractivity contribution in [2.75, 3.05) is 19.6 Å². The van der Waals surface area contributed by atoms with Gasteiger partial charge in [0.05, 0.1) is 0 Å². The van der Waals surface area contributed by atoms with Gasteiger partial charge in [-0.15, -0.1) is 0 Å². The number of nitrogens with zero attached hydrogens (tertiary/aromatic N) is 1. The molecule has 3 rings (SSSR count). The second-order valence-corrected chi connectivity index (χ2v) is 7.32. The van der Waals surface area contributed by atoms with Crippen LogP contribution >= 0.6 is 0 Å². The van der Waals surface area contributed by atoms with Crippen LogP contribution in [0.4, 0.5) is 0 Å². The first-order chi connectivity index (χ1) is 10.2. The highest BCUT2D eigenvalue weighted by Gasteiger charge is 2.35. The molecule has 2 saturated heterocycles. The van der Waals surface area contributed by atoms with Crippen molar-refractivity contribution in [3.63, 3.8) is 0 Å². The normalized spacial score (nSPS) is 29.4. The van der Waals surface area contributed by atoms with E-state index >= 15 is 0 Å². The number of likely N-dealkylation sites (tertiary alicyclic amines) is 1. The first-order valence-corrected chi connectivity index (χ1v) is 9.00. The van der Waals surface area contributed by atoms with Gasteiger partial charge in [-0.3, -0.25) is 4.79 Å². The first-order valence-electron chi connectivity index (χ1n) is 9.00. The summed E-state index contributed by atoms with van der Waals surface area (Å²) in [6, 6.07) is 1.89. The molecular formula is C17H31N3O. The summed E-state index contributed by atoms with van der Waals surface area (Å²) < 4.78 is 0. The lowest BCUT2D eigenvalue weighted by Crippen LogP contribution is -2.49. The standard InChI is InChI=1S/C17H31N3O/c1-13(12-16-4-2-3-9-18-16)19-15-7-10-20(11-8-15)17(21)14-5-6-14/h13-16,18-19H,2-12H2,1H3. The van der Waals surface area contributed by atoms with E-state index in [1.807, 2.05) is 0 Å². The summed E-state index contributed by atoms with van der Waals surface area (Å²) in [5.74, 6) is 0.804. The first kappa shape index (κ1) is 15.3. The highest BCUT2D eigenvalue weighted by Crippen LogP contribution is 2.31. The fourth-order valence-corrected chi connectivity index (χ4v) is 3.88. The van der Waals surface area contributed by atoms with Crippen molar-refractivity contribution in [2.24, 2.45) is 5.92 Å². The monoisotopic (exact) mass is 293 g/mol. The number of piperidine rings is 2. The van der Waals surface area contributed by atoms with Crippen LogP contribution in [0, 0.1) is 5.92 Å². The summed E-state index contributed by atoms with van der Waals surface area (Å²) in [5, 5.41) is 7.43. The minimum absolute atomic E-state index is 0.380. The number of nitrogens with one attached hydrogen (secondary N) is 2. The average molecular weight is 293 g/mol. The Morgan fingerprint density at radius 2 is 1.95 bits per heavy atom. The van der Waals surface area contributed by atoms with Gasteiger partial charge < -0.3 is 15.5 Å². The molecule has 1 saturated carbocycles. The molecule has 0 aromatic rings. The lowest BCUT2D eigenvalue weighted by atomic mass is 9.97. The highest BCUT2D eigenvalue weighted by atomic mass is 16.2. The molecule has 120 valence electrons. The Morgan fingerprint density at radius 1 is 1.19 bits per heavy atom. The molecule has 0 radical (unpaired) electrons. The van der Waals surface area contributed by atoms with Crippen molar-refractivity contribution >= 4 is 5.91 Å². The average Bonchev–Trinajstić information content (AvgIpc) is 3.33. The molecule has 3 aliphatic rings. The maximum Gasteiger partial charge on any atom is 0.225 e. The molecule has 0 aromatic carbocycles. The Morgan fingerprint density at radius 3 is 2.57 bits per heavy atom. The minimum Gasteiger partial charge on any atom is -0.342 e. The minimum atomic E-state index is 0.380. The molecule has 1 aliphatic carbocycles. The van der Waals surface area contributed by atoms with Crippen LogP contribution in [0.1, 0.15) is 58.3 Å². The predicted molar refractivity (Wildman–Crippen MR) is 85.2 cm³/mol. The summed E-state index contributed by atoms with van der Waals surface area (Å²) in [5.41, 5.74) is 0. The Hall–Kier alpha value is -0.610. The molecule has 2 aliphatic heterocycles. The molecule has 0 bridgehead atoms. The van der Waals surface area contributed by atoms with Crippen LogP contribution in [0.2, 0.25) is 0 Å². The number of amides is 1. The summed E-state index contributed by atoms with van der Waals surface area (Å²) >= 11 is 0. The number of hydrogen-bond donors (Lipinski definition) is 2. The Balaban J connectivity index is 1.35. The van der Waals surface area contributed by atoms with Gasteiger partial charge in [-0.1, -0.05) is 6.42 Å². The van der Waals surface area contributed by atoms with Gasteiger partial charge in [-0.05, 0) is 58.4 Å². The number of carbonyl (C=O) groups is 1. The lowest BCUT2D eigenvalue weighted by molar-refractivity contribution is -0.133. The van der Waals surface area contributed by atoms with Gasteiger partial charge in [-0.2, -0.15) is 0 Å². The summed E-state index contributed by atoms with van der Waals surface area (Å²) in [6.45, 7) is 5.43. The van der Waals surface area contributed by atoms with Gasteiger partial charge in [0.1, 0.15) is 0 Å². The molecule has 3 fully saturated rings. The van der Waals surface area contributed by atoms with E-state index < -0.39 is 0 Å². The van der Waals surface area contributed by atoms with E-state index in [0.29, 0.717) is 30.0 Å². The quantitative estimate of drug-likeness (QED) is 0.814. The molecule has 2 N–H and O–H groups in total. The van der Waals surface area contributed by atoms with Crippen LogP contribution in [0.25, 0.3) is 0 Å². The van der Waals surface area contributed by atoms with E-state index in [-0.39, 0.29) is 0 Å². The fourth-order valence-electron chi connectivity index (χ4n) is 3.88. The van der Waals surface area contributed by atoms with Crippen LogP contribution in [-0.2, 0) is 4.79 Å². The van der Waals surface area contributed by atoms with Gasteiger partial charge in [-0.25, -0.2) is 0 Å². The van der Waals surface area contributed by atoms with Crippen LogP contribution in [-0.4, -0.2) is 48.6 Å². The third-order valence-electron chi connectivity index (χ3n) is 5.30.